The lowest BCUT2D eigenvalue weighted by atomic mass is 10.2. The molecule has 2 aromatic carbocycles. The van der Waals surface area contributed by atoms with E-state index in [1.54, 1.807) is 11.3 Å². The summed E-state index contributed by atoms with van der Waals surface area (Å²) in [6, 6.07) is 13.5. The van der Waals surface area contributed by atoms with Crippen molar-refractivity contribution in [2.45, 2.75) is 6.92 Å². The van der Waals surface area contributed by atoms with Crippen molar-refractivity contribution in [2.24, 2.45) is 0 Å². The summed E-state index contributed by atoms with van der Waals surface area (Å²) in [5.74, 6) is 0. The maximum Gasteiger partial charge on any atom is 0.321 e. The SMILES string of the molecule is Cc1ccc(NC(=O)N2CCN(c3nc4ccc(Cl)cc4s3)CC2)cc1. The molecule has 1 aliphatic heterocycles. The largest absolute Gasteiger partial charge is 0.345 e. The highest BCUT2D eigenvalue weighted by atomic mass is 35.5. The smallest absolute Gasteiger partial charge is 0.321 e. The van der Waals surface area contributed by atoms with Crippen LogP contribution in [0.3, 0.4) is 0 Å². The molecule has 1 aliphatic rings. The molecule has 0 saturated carbocycles. The van der Waals surface area contributed by atoms with Crippen molar-refractivity contribution < 1.29 is 4.79 Å². The Balaban J connectivity index is 1.38. The van der Waals surface area contributed by atoms with E-state index in [-0.39, 0.29) is 6.03 Å². The molecule has 0 bridgehead atoms. The fraction of sp³-hybridized carbons (Fsp3) is 0.263. The van der Waals surface area contributed by atoms with Crippen LogP contribution < -0.4 is 10.2 Å². The van der Waals surface area contributed by atoms with Crippen LogP contribution in [0.15, 0.2) is 42.5 Å². The third-order valence-electron chi connectivity index (χ3n) is 4.48. The minimum atomic E-state index is -0.0513. The molecule has 1 N–H and O–H groups in total. The number of rotatable bonds is 2. The Morgan fingerprint density at radius 1 is 1.12 bits per heavy atom. The Hall–Kier alpha value is -2.31. The van der Waals surface area contributed by atoms with Gasteiger partial charge in [0.2, 0.25) is 0 Å². The second-order valence-corrected chi connectivity index (χ2v) is 7.82. The number of carbonyl (C=O) groups excluding carboxylic acids is 1. The van der Waals surface area contributed by atoms with Gasteiger partial charge in [-0.15, -0.1) is 0 Å². The van der Waals surface area contributed by atoms with Gasteiger partial charge in [0, 0.05) is 36.9 Å². The Bertz CT molecular complexity index is 932. The summed E-state index contributed by atoms with van der Waals surface area (Å²) in [7, 11) is 0. The number of halogens is 1. The number of benzene rings is 2. The molecule has 2 amide bonds. The summed E-state index contributed by atoms with van der Waals surface area (Å²) < 4.78 is 1.09. The van der Waals surface area contributed by atoms with Gasteiger partial charge in [-0.25, -0.2) is 9.78 Å². The number of carbonyl (C=O) groups is 1. The maximum atomic E-state index is 12.4. The van der Waals surface area contributed by atoms with E-state index >= 15 is 0 Å². The standard InChI is InChI=1S/C19H19ClN4OS/c1-13-2-5-15(6-3-13)21-18(25)23-8-10-24(11-9-23)19-22-16-7-4-14(20)12-17(16)26-19/h2-7,12H,8-11H2,1H3,(H,21,25). The molecule has 0 aliphatic carbocycles. The number of nitrogens with one attached hydrogen (secondary N) is 1. The monoisotopic (exact) mass is 386 g/mol. The van der Waals surface area contributed by atoms with Gasteiger partial charge in [-0.3, -0.25) is 0 Å². The third-order valence-corrected chi connectivity index (χ3v) is 5.79. The maximum absolute atomic E-state index is 12.4. The molecule has 0 atom stereocenters. The molecule has 7 heteroatoms. The third kappa shape index (κ3) is 3.61. The molecule has 2 heterocycles. The van der Waals surface area contributed by atoms with Gasteiger partial charge in [0.15, 0.2) is 5.13 Å². The van der Waals surface area contributed by atoms with Crippen LogP contribution >= 0.6 is 22.9 Å². The van der Waals surface area contributed by atoms with Gasteiger partial charge in [-0.2, -0.15) is 0 Å². The number of aromatic nitrogens is 1. The number of fused-ring (bicyclic) bond motifs is 1. The second-order valence-electron chi connectivity index (χ2n) is 6.38. The van der Waals surface area contributed by atoms with Gasteiger partial charge >= 0.3 is 6.03 Å². The van der Waals surface area contributed by atoms with Gasteiger partial charge in [0.05, 0.1) is 10.2 Å². The zero-order chi connectivity index (χ0) is 18.1. The first-order valence-corrected chi connectivity index (χ1v) is 9.71. The number of piperazine rings is 1. The molecule has 0 unspecified atom stereocenters. The number of aryl methyl sites for hydroxylation is 1. The van der Waals surface area contributed by atoms with E-state index in [4.69, 9.17) is 16.6 Å². The van der Waals surface area contributed by atoms with Crippen molar-refractivity contribution in [3.05, 3.63) is 53.1 Å². The Morgan fingerprint density at radius 3 is 2.58 bits per heavy atom. The molecule has 1 fully saturated rings. The molecule has 0 radical (unpaired) electrons. The molecule has 3 aromatic rings. The Labute approximate surface area is 161 Å². The van der Waals surface area contributed by atoms with Crippen LogP contribution in [-0.4, -0.2) is 42.1 Å². The number of thiazole rings is 1. The number of hydrogen-bond acceptors (Lipinski definition) is 4. The van der Waals surface area contributed by atoms with Gasteiger partial charge in [-0.05, 0) is 37.3 Å². The number of urea groups is 1. The van der Waals surface area contributed by atoms with Crippen LogP contribution in [0.1, 0.15) is 5.56 Å². The molecule has 0 spiro atoms. The van der Waals surface area contributed by atoms with Crippen LogP contribution in [0, 0.1) is 6.92 Å². The van der Waals surface area contributed by atoms with Gasteiger partial charge in [-0.1, -0.05) is 40.6 Å². The lowest BCUT2D eigenvalue weighted by Crippen LogP contribution is -2.50. The topological polar surface area (TPSA) is 48.5 Å². The first kappa shape index (κ1) is 17.1. The summed E-state index contributed by atoms with van der Waals surface area (Å²) >= 11 is 7.70. The van der Waals surface area contributed by atoms with E-state index in [1.165, 1.54) is 5.56 Å². The van der Waals surface area contributed by atoms with Crippen LogP contribution in [0.4, 0.5) is 15.6 Å². The summed E-state index contributed by atoms with van der Waals surface area (Å²) in [5, 5.41) is 4.68. The molecule has 26 heavy (non-hydrogen) atoms. The Morgan fingerprint density at radius 2 is 1.85 bits per heavy atom. The van der Waals surface area contributed by atoms with E-state index in [0.717, 1.165) is 39.1 Å². The first-order chi connectivity index (χ1) is 12.6. The molecule has 5 nitrogen and oxygen atoms in total. The molecule has 134 valence electrons. The van der Waals surface area contributed by atoms with E-state index in [2.05, 4.69) is 10.2 Å². The number of amides is 2. The zero-order valence-electron chi connectivity index (χ0n) is 14.4. The average Bonchev–Trinajstić information content (AvgIpc) is 3.07. The van der Waals surface area contributed by atoms with Crippen LogP contribution in [0.25, 0.3) is 10.2 Å². The minimum Gasteiger partial charge on any atom is -0.345 e. The van der Waals surface area contributed by atoms with Crippen LogP contribution in [-0.2, 0) is 0 Å². The van der Waals surface area contributed by atoms with E-state index < -0.39 is 0 Å². The quantitative estimate of drug-likeness (QED) is 0.699. The summed E-state index contributed by atoms with van der Waals surface area (Å²) in [4.78, 5) is 21.2. The van der Waals surface area contributed by atoms with Crippen LogP contribution in [0.2, 0.25) is 5.02 Å². The molecule has 1 aromatic heterocycles. The second kappa shape index (κ2) is 7.13. The first-order valence-electron chi connectivity index (χ1n) is 8.52. The fourth-order valence-corrected chi connectivity index (χ4v) is 4.26. The van der Waals surface area contributed by atoms with Gasteiger partial charge in [0.1, 0.15) is 0 Å². The fourth-order valence-electron chi connectivity index (χ4n) is 2.96. The van der Waals surface area contributed by atoms with E-state index in [0.29, 0.717) is 13.1 Å². The van der Waals surface area contributed by atoms with Crippen molar-refractivity contribution in [3.8, 4) is 0 Å². The predicted octanol–water partition coefficient (Wildman–Crippen LogP) is 4.61. The highest BCUT2D eigenvalue weighted by Gasteiger charge is 2.23. The summed E-state index contributed by atoms with van der Waals surface area (Å²) in [5.41, 5.74) is 2.97. The van der Waals surface area contributed by atoms with Crippen molar-refractivity contribution in [1.82, 2.24) is 9.88 Å². The van der Waals surface area contributed by atoms with E-state index in [9.17, 15) is 4.79 Å². The van der Waals surface area contributed by atoms with Crippen molar-refractivity contribution in [3.63, 3.8) is 0 Å². The highest BCUT2D eigenvalue weighted by Crippen LogP contribution is 2.31. The number of nitrogens with zero attached hydrogens (tertiary/aromatic N) is 3. The molecular weight excluding hydrogens is 368 g/mol. The minimum absolute atomic E-state index is 0.0513. The molecular formula is C19H19ClN4OS. The number of hydrogen-bond donors (Lipinski definition) is 1. The zero-order valence-corrected chi connectivity index (χ0v) is 16.0. The molecule has 1 saturated heterocycles. The van der Waals surface area contributed by atoms with Crippen molar-refractivity contribution in [2.75, 3.05) is 36.4 Å². The highest BCUT2D eigenvalue weighted by molar-refractivity contribution is 7.22. The van der Waals surface area contributed by atoms with Gasteiger partial charge in [0.25, 0.3) is 0 Å². The average molecular weight is 387 g/mol. The van der Waals surface area contributed by atoms with Crippen LogP contribution in [0.5, 0.6) is 0 Å². The normalized spacial score (nSPS) is 14.7. The number of anilines is 2. The lowest BCUT2D eigenvalue weighted by molar-refractivity contribution is 0.208. The lowest BCUT2D eigenvalue weighted by Gasteiger charge is -2.34. The summed E-state index contributed by atoms with van der Waals surface area (Å²) in [6.07, 6.45) is 0. The van der Waals surface area contributed by atoms with Gasteiger partial charge < -0.3 is 15.1 Å². The summed E-state index contributed by atoms with van der Waals surface area (Å²) in [6.45, 7) is 4.92. The molecule has 4 rings (SSSR count). The van der Waals surface area contributed by atoms with Crippen molar-refractivity contribution >= 4 is 50.0 Å². The van der Waals surface area contributed by atoms with E-state index in [1.807, 2.05) is 54.3 Å². The van der Waals surface area contributed by atoms with Crippen molar-refractivity contribution in [1.29, 1.82) is 0 Å². The predicted molar refractivity (Wildman–Crippen MR) is 109 cm³/mol. The Kier molecular flexibility index (Phi) is 4.70.